The van der Waals surface area contributed by atoms with Crippen molar-refractivity contribution in [1.82, 2.24) is 10.2 Å². The first-order valence-corrected chi connectivity index (χ1v) is 14.3. The summed E-state index contributed by atoms with van der Waals surface area (Å²) >= 11 is 0. The zero-order chi connectivity index (χ0) is 31.3. The Labute approximate surface area is 250 Å². The maximum Gasteiger partial charge on any atom is 0.410 e. The molecule has 0 radical (unpaired) electrons. The third-order valence-corrected chi connectivity index (χ3v) is 7.18. The number of nitrogens with zero attached hydrogens (tertiary/aromatic N) is 1. The van der Waals surface area contributed by atoms with Crippen molar-refractivity contribution in [3.8, 4) is 11.1 Å². The molecule has 2 aliphatic rings. The van der Waals surface area contributed by atoms with Crippen LogP contribution in [-0.4, -0.2) is 107 Å². The van der Waals surface area contributed by atoms with Crippen molar-refractivity contribution in [3.05, 3.63) is 59.7 Å². The van der Waals surface area contributed by atoms with Gasteiger partial charge in [0, 0.05) is 12.5 Å². The number of aliphatic hydroxyl groups is 3. The van der Waals surface area contributed by atoms with E-state index in [-0.39, 0.29) is 25.7 Å². The molecular formula is C31H40N2O10. The standard InChI is InChI=1S/C31H40N2O10/c1-18-26(36)27(37)28(38)29(42-18)40-14-13-32-24(34)15-33(16-25(35)43-31(2,3)4)30(39)41-17-23-21-11-7-5-9-19(21)20-10-6-8-12-22(20)23/h5-12,18,23,26-29,36-38H,13-17H2,1-4H3,(H,32,34)/t18-,26+,27+,28-,29+/m0/s1. The van der Waals surface area contributed by atoms with E-state index in [9.17, 15) is 29.7 Å². The second-order valence-electron chi connectivity index (χ2n) is 11.6. The van der Waals surface area contributed by atoms with Gasteiger partial charge in [-0.3, -0.25) is 14.5 Å². The van der Waals surface area contributed by atoms with Crippen LogP contribution in [0.3, 0.4) is 0 Å². The highest BCUT2D eigenvalue weighted by Crippen LogP contribution is 2.44. The van der Waals surface area contributed by atoms with Crippen LogP contribution in [0.4, 0.5) is 4.79 Å². The van der Waals surface area contributed by atoms with E-state index in [0.29, 0.717) is 0 Å². The van der Waals surface area contributed by atoms with E-state index >= 15 is 0 Å². The first-order chi connectivity index (χ1) is 20.4. The maximum absolute atomic E-state index is 13.2. The van der Waals surface area contributed by atoms with Gasteiger partial charge in [-0.2, -0.15) is 0 Å². The summed E-state index contributed by atoms with van der Waals surface area (Å²) in [6, 6.07) is 15.8. The van der Waals surface area contributed by atoms with Crippen LogP contribution >= 0.6 is 0 Å². The Morgan fingerprint density at radius 1 is 0.907 bits per heavy atom. The SMILES string of the molecule is C[C@@H]1O[C@@H](OCCNC(=O)CN(CC(=O)OC(C)(C)C)C(=O)OCC2c3ccccc3-c3ccccc32)[C@@H](O)[C@H](O)[C@@H]1O. The van der Waals surface area contributed by atoms with Gasteiger partial charge < -0.3 is 39.6 Å². The van der Waals surface area contributed by atoms with Crippen molar-refractivity contribution in [1.29, 1.82) is 0 Å². The molecule has 1 fully saturated rings. The first kappa shape index (κ1) is 32.4. The summed E-state index contributed by atoms with van der Waals surface area (Å²) < 4.78 is 21.8. The minimum atomic E-state index is -1.47. The Hall–Kier alpha value is -3.55. The summed E-state index contributed by atoms with van der Waals surface area (Å²) in [4.78, 5) is 39.5. The van der Waals surface area contributed by atoms with E-state index in [1.807, 2.05) is 48.5 Å². The molecule has 2 aromatic carbocycles. The van der Waals surface area contributed by atoms with Crippen molar-refractivity contribution in [2.45, 2.75) is 69.9 Å². The Bertz CT molecular complexity index is 1250. The fourth-order valence-corrected chi connectivity index (χ4v) is 5.15. The van der Waals surface area contributed by atoms with E-state index in [1.165, 1.54) is 6.92 Å². The molecule has 234 valence electrons. The predicted molar refractivity (Wildman–Crippen MR) is 154 cm³/mol. The molecule has 0 bridgehead atoms. The fourth-order valence-electron chi connectivity index (χ4n) is 5.15. The molecule has 12 heteroatoms. The Balaban J connectivity index is 1.35. The summed E-state index contributed by atoms with van der Waals surface area (Å²) in [5.74, 6) is -1.49. The third kappa shape index (κ3) is 8.09. The molecule has 4 N–H and O–H groups in total. The summed E-state index contributed by atoms with van der Waals surface area (Å²) in [5, 5.41) is 32.4. The number of ether oxygens (including phenoxy) is 4. The van der Waals surface area contributed by atoms with Crippen LogP contribution in [0.1, 0.15) is 44.7 Å². The molecule has 43 heavy (non-hydrogen) atoms. The third-order valence-electron chi connectivity index (χ3n) is 7.18. The topological polar surface area (TPSA) is 164 Å². The maximum atomic E-state index is 13.2. The van der Waals surface area contributed by atoms with Gasteiger partial charge in [0.1, 0.15) is 43.6 Å². The first-order valence-electron chi connectivity index (χ1n) is 14.3. The molecule has 0 saturated carbocycles. The van der Waals surface area contributed by atoms with Crippen molar-refractivity contribution >= 4 is 18.0 Å². The highest BCUT2D eigenvalue weighted by molar-refractivity contribution is 5.85. The molecule has 12 nitrogen and oxygen atoms in total. The Morgan fingerprint density at radius 3 is 2.12 bits per heavy atom. The van der Waals surface area contributed by atoms with Crippen LogP contribution in [0.5, 0.6) is 0 Å². The summed E-state index contributed by atoms with van der Waals surface area (Å²) in [5.41, 5.74) is 3.39. The molecule has 0 aromatic heterocycles. The lowest BCUT2D eigenvalue weighted by molar-refractivity contribution is -0.292. The van der Waals surface area contributed by atoms with E-state index in [1.54, 1.807) is 20.8 Å². The van der Waals surface area contributed by atoms with Crippen molar-refractivity contribution in [2.24, 2.45) is 0 Å². The Kier molecular flexibility index (Phi) is 10.4. The number of nitrogens with one attached hydrogen (secondary N) is 1. The highest BCUT2D eigenvalue weighted by Gasteiger charge is 2.42. The van der Waals surface area contributed by atoms with Crippen molar-refractivity contribution < 1.29 is 48.7 Å². The van der Waals surface area contributed by atoms with Gasteiger partial charge in [0.2, 0.25) is 5.91 Å². The van der Waals surface area contributed by atoms with Crippen LogP contribution < -0.4 is 5.32 Å². The predicted octanol–water partition coefficient (Wildman–Crippen LogP) is 1.54. The van der Waals surface area contributed by atoms with Crippen LogP contribution in [0.15, 0.2) is 48.5 Å². The van der Waals surface area contributed by atoms with E-state index in [2.05, 4.69) is 5.32 Å². The minimum Gasteiger partial charge on any atom is -0.459 e. The van der Waals surface area contributed by atoms with Crippen LogP contribution in [0.25, 0.3) is 11.1 Å². The molecule has 1 heterocycles. The average Bonchev–Trinajstić information content (AvgIpc) is 3.27. The van der Waals surface area contributed by atoms with Gasteiger partial charge in [-0.1, -0.05) is 48.5 Å². The van der Waals surface area contributed by atoms with Gasteiger partial charge in [0.05, 0.1) is 12.7 Å². The second kappa shape index (κ2) is 13.8. The Morgan fingerprint density at radius 2 is 1.51 bits per heavy atom. The molecule has 5 atom stereocenters. The number of hydrogen-bond acceptors (Lipinski definition) is 10. The lowest BCUT2D eigenvalue weighted by atomic mass is 9.98. The largest absolute Gasteiger partial charge is 0.459 e. The molecule has 4 rings (SSSR count). The van der Waals surface area contributed by atoms with Gasteiger partial charge in [0.25, 0.3) is 0 Å². The second-order valence-corrected chi connectivity index (χ2v) is 11.6. The summed E-state index contributed by atoms with van der Waals surface area (Å²) in [6.45, 7) is 5.52. The molecule has 1 saturated heterocycles. The zero-order valence-corrected chi connectivity index (χ0v) is 24.8. The van der Waals surface area contributed by atoms with Gasteiger partial charge >= 0.3 is 12.1 Å². The van der Waals surface area contributed by atoms with Crippen molar-refractivity contribution in [2.75, 3.05) is 32.8 Å². The average molecular weight is 601 g/mol. The fraction of sp³-hybridized carbons (Fsp3) is 0.516. The lowest BCUT2D eigenvalue weighted by Gasteiger charge is -2.38. The molecule has 1 aliphatic carbocycles. The smallest absolute Gasteiger partial charge is 0.410 e. The van der Waals surface area contributed by atoms with Crippen molar-refractivity contribution in [3.63, 3.8) is 0 Å². The highest BCUT2D eigenvalue weighted by atomic mass is 16.7. The number of fused-ring (bicyclic) bond motifs is 3. The zero-order valence-electron chi connectivity index (χ0n) is 24.8. The number of hydrogen-bond donors (Lipinski definition) is 4. The molecule has 0 spiro atoms. The van der Waals surface area contributed by atoms with Crippen LogP contribution in [0.2, 0.25) is 0 Å². The molecule has 0 unspecified atom stereocenters. The normalized spacial score (nSPS) is 23.2. The van der Waals surface area contributed by atoms with Gasteiger partial charge in [-0.05, 0) is 49.9 Å². The quantitative estimate of drug-likeness (QED) is 0.232. The molecule has 2 amide bonds. The minimum absolute atomic E-state index is 0.00975. The number of aliphatic hydroxyl groups excluding tert-OH is 3. The summed E-state index contributed by atoms with van der Waals surface area (Å²) in [7, 11) is 0. The van der Waals surface area contributed by atoms with Gasteiger partial charge in [-0.25, -0.2) is 4.79 Å². The van der Waals surface area contributed by atoms with Crippen LogP contribution in [0, 0.1) is 0 Å². The molecule has 2 aromatic rings. The van der Waals surface area contributed by atoms with Gasteiger partial charge in [0.15, 0.2) is 6.29 Å². The van der Waals surface area contributed by atoms with Crippen LogP contribution in [-0.2, 0) is 28.5 Å². The van der Waals surface area contributed by atoms with E-state index in [0.717, 1.165) is 27.2 Å². The number of benzene rings is 2. The lowest BCUT2D eigenvalue weighted by Crippen LogP contribution is -2.57. The number of esters is 1. The molecular weight excluding hydrogens is 560 g/mol. The number of carbonyl (C=O) groups is 3. The van der Waals surface area contributed by atoms with E-state index in [4.69, 9.17) is 18.9 Å². The van der Waals surface area contributed by atoms with E-state index < -0.39 is 67.4 Å². The number of carbonyl (C=O) groups excluding carboxylic acids is 3. The number of amides is 2. The monoisotopic (exact) mass is 600 g/mol. The summed E-state index contributed by atoms with van der Waals surface area (Å²) in [6.07, 6.45) is -6.99. The molecule has 1 aliphatic heterocycles. The number of rotatable bonds is 10. The van der Waals surface area contributed by atoms with Gasteiger partial charge in [-0.15, -0.1) is 0 Å².